The van der Waals surface area contributed by atoms with Gasteiger partial charge in [-0.15, -0.1) is 0 Å². The van der Waals surface area contributed by atoms with Crippen LogP contribution in [0.1, 0.15) is 55.1 Å². The lowest BCUT2D eigenvalue weighted by Gasteiger charge is -2.13. The fraction of sp³-hybridized carbons (Fsp3) is 0.200. The third-order valence-corrected chi connectivity index (χ3v) is 5.88. The summed E-state index contributed by atoms with van der Waals surface area (Å²) in [5, 5.41) is 4.93. The maximum absolute atomic E-state index is 13.2. The Kier molecular flexibility index (Phi) is 6.19. The summed E-state index contributed by atoms with van der Waals surface area (Å²) in [6.07, 6.45) is 2.34. The number of hydrogen-bond donors (Lipinski definition) is 0. The number of carbonyl (C=O) groups is 1. The van der Waals surface area contributed by atoms with Gasteiger partial charge in [-0.1, -0.05) is 54.0 Å². The molecule has 2 aromatic carbocycles. The second kappa shape index (κ2) is 9.04. The summed E-state index contributed by atoms with van der Waals surface area (Å²) in [4.78, 5) is 29.4. The number of hydrogen-bond acceptors (Lipinski definition) is 5. The van der Waals surface area contributed by atoms with Crippen LogP contribution in [0.25, 0.3) is 22.2 Å². The molecule has 0 radical (unpaired) electrons. The van der Waals surface area contributed by atoms with E-state index in [0.717, 1.165) is 16.5 Å². The summed E-state index contributed by atoms with van der Waals surface area (Å²) in [6.45, 7) is 5.60. The molecule has 0 amide bonds. The summed E-state index contributed by atoms with van der Waals surface area (Å²) in [5.74, 6) is 1.83. The molecule has 0 unspecified atom stereocenters. The van der Waals surface area contributed by atoms with Gasteiger partial charge in [0.05, 0.1) is 17.1 Å². The lowest BCUT2D eigenvalue weighted by Crippen LogP contribution is -2.23. The van der Waals surface area contributed by atoms with E-state index < -0.39 is 0 Å². The number of fused-ring (bicyclic) bond motifs is 1. The van der Waals surface area contributed by atoms with E-state index in [4.69, 9.17) is 9.40 Å². The van der Waals surface area contributed by atoms with Gasteiger partial charge in [-0.25, -0.2) is 4.98 Å². The van der Waals surface area contributed by atoms with Crippen molar-refractivity contribution in [2.24, 2.45) is 5.10 Å². The standard InChI is InChI=1S/C25H22BrN3O3/c1-4-15(2)24-28-22-11-9-19(26)13-21(22)25(31)29(24)27-14-20-10-12-23(32-20)18-7-5-17(6-8-18)16(3)30/h5-15H,4H2,1-3H3/t15-/m0/s1. The number of Topliss-reactive ketones (excluding diaryl/α,β-unsaturated/α-hetero) is 1. The molecule has 6 nitrogen and oxygen atoms in total. The van der Waals surface area contributed by atoms with Gasteiger partial charge < -0.3 is 4.42 Å². The van der Waals surface area contributed by atoms with Crippen molar-refractivity contribution in [3.63, 3.8) is 0 Å². The fourth-order valence-electron chi connectivity index (χ4n) is 3.34. The van der Waals surface area contributed by atoms with Gasteiger partial charge in [0, 0.05) is 21.5 Å². The van der Waals surface area contributed by atoms with E-state index in [9.17, 15) is 9.59 Å². The molecule has 0 aliphatic rings. The number of rotatable bonds is 6. The Labute approximate surface area is 193 Å². The quantitative estimate of drug-likeness (QED) is 0.244. The Hall–Kier alpha value is -3.32. The van der Waals surface area contributed by atoms with Gasteiger partial charge >= 0.3 is 0 Å². The molecule has 0 aliphatic heterocycles. The third-order valence-electron chi connectivity index (χ3n) is 5.39. The second-order valence-electron chi connectivity index (χ2n) is 7.64. The highest BCUT2D eigenvalue weighted by molar-refractivity contribution is 9.10. The average Bonchev–Trinajstić information content (AvgIpc) is 3.27. The first-order valence-electron chi connectivity index (χ1n) is 10.3. The highest BCUT2D eigenvalue weighted by Gasteiger charge is 2.16. The Bertz CT molecular complexity index is 1380. The first-order chi connectivity index (χ1) is 15.4. The molecule has 4 rings (SSSR count). The Morgan fingerprint density at radius 3 is 2.62 bits per heavy atom. The van der Waals surface area contributed by atoms with Crippen LogP contribution in [0.5, 0.6) is 0 Å². The molecule has 0 N–H and O–H groups in total. The largest absolute Gasteiger partial charge is 0.455 e. The lowest BCUT2D eigenvalue weighted by atomic mass is 10.1. The molecule has 0 bridgehead atoms. The lowest BCUT2D eigenvalue weighted by molar-refractivity contribution is 0.101. The van der Waals surface area contributed by atoms with Crippen LogP contribution in [0.3, 0.4) is 0 Å². The molecule has 0 spiro atoms. The monoisotopic (exact) mass is 491 g/mol. The molecule has 2 heterocycles. The van der Waals surface area contributed by atoms with Crippen molar-refractivity contribution >= 4 is 38.8 Å². The van der Waals surface area contributed by atoms with Crippen molar-refractivity contribution < 1.29 is 9.21 Å². The van der Waals surface area contributed by atoms with Crippen LogP contribution in [-0.4, -0.2) is 21.7 Å². The molecule has 162 valence electrons. The van der Waals surface area contributed by atoms with E-state index >= 15 is 0 Å². The zero-order chi connectivity index (χ0) is 22.8. The van der Waals surface area contributed by atoms with Gasteiger partial charge in [-0.05, 0) is 43.7 Å². The average molecular weight is 492 g/mol. The number of halogens is 1. The summed E-state index contributed by atoms with van der Waals surface area (Å²) >= 11 is 3.42. The van der Waals surface area contributed by atoms with Gasteiger partial charge in [-0.3, -0.25) is 9.59 Å². The first-order valence-corrected chi connectivity index (χ1v) is 11.1. The summed E-state index contributed by atoms with van der Waals surface area (Å²) < 4.78 is 8.05. The molecule has 0 saturated carbocycles. The predicted octanol–water partition coefficient (Wildman–Crippen LogP) is 6.02. The van der Waals surface area contributed by atoms with Gasteiger partial charge in [0.25, 0.3) is 5.56 Å². The highest BCUT2D eigenvalue weighted by atomic mass is 79.9. The molecule has 7 heteroatoms. The number of furan rings is 1. The number of benzene rings is 2. The van der Waals surface area contributed by atoms with Crippen molar-refractivity contribution in [2.45, 2.75) is 33.1 Å². The molecular formula is C25H22BrN3O3. The number of nitrogens with zero attached hydrogens (tertiary/aromatic N) is 3. The minimum atomic E-state index is -0.227. The molecule has 0 saturated heterocycles. The van der Waals surface area contributed by atoms with Crippen molar-refractivity contribution in [2.75, 3.05) is 0 Å². The van der Waals surface area contributed by atoms with Gasteiger partial charge in [0.15, 0.2) is 5.78 Å². The number of ketones is 1. The van der Waals surface area contributed by atoms with Crippen LogP contribution in [0.2, 0.25) is 0 Å². The summed E-state index contributed by atoms with van der Waals surface area (Å²) in [7, 11) is 0. The van der Waals surface area contributed by atoms with Gasteiger partial charge in [0.1, 0.15) is 17.3 Å². The van der Waals surface area contributed by atoms with Crippen molar-refractivity contribution in [1.82, 2.24) is 9.66 Å². The summed E-state index contributed by atoms with van der Waals surface area (Å²) in [5.41, 5.74) is 1.92. The zero-order valence-corrected chi connectivity index (χ0v) is 19.6. The topological polar surface area (TPSA) is 77.5 Å². The van der Waals surface area contributed by atoms with Crippen molar-refractivity contribution in [1.29, 1.82) is 0 Å². The fourth-order valence-corrected chi connectivity index (χ4v) is 3.70. The van der Waals surface area contributed by atoms with Crippen LogP contribution >= 0.6 is 15.9 Å². The summed E-state index contributed by atoms with van der Waals surface area (Å²) in [6, 6.07) is 16.3. The van der Waals surface area contributed by atoms with Crippen LogP contribution in [0.15, 0.2) is 73.4 Å². The van der Waals surface area contributed by atoms with Crippen molar-refractivity contribution in [3.05, 3.63) is 86.6 Å². The molecule has 0 aliphatic carbocycles. The molecule has 0 fully saturated rings. The molecular weight excluding hydrogens is 470 g/mol. The van der Waals surface area contributed by atoms with E-state index in [2.05, 4.69) is 21.0 Å². The number of carbonyl (C=O) groups excluding carboxylic acids is 1. The molecule has 2 aromatic heterocycles. The van der Waals surface area contributed by atoms with E-state index in [0.29, 0.717) is 33.8 Å². The van der Waals surface area contributed by atoms with E-state index in [1.54, 1.807) is 24.3 Å². The molecule has 1 atom stereocenters. The number of aromatic nitrogens is 2. The Balaban J connectivity index is 1.71. The molecule has 32 heavy (non-hydrogen) atoms. The van der Waals surface area contributed by atoms with Crippen LogP contribution in [0, 0.1) is 0 Å². The Morgan fingerprint density at radius 1 is 1.19 bits per heavy atom. The van der Waals surface area contributed by atoms with Gasteiger partial charge in [0.2, 0.25) is 0 Å². The van der Waals surface area contributed by atoms with Crippen molar-refractivity contribution in [3.8, 4) is 11.3 Å². The maximum atomic E-state index is 13.2. The highest BCUT2D eigenvalue weighted by Crippen LogP contribution is 2.23. The molecule has 4 aromatic rings. The van der Waals surface area contributed by atoms with E-state index in [1.165, 1.54) is 17.8 Å². The third kappa shape index (κ3) is 4.34. The Morgan fingerprint density at radius 2 is 1.94 bits per heavy atom. The van der Waals surface area contributed by atoms with Crippen LogP contribution in [-0.2, 0) is 0 Å². The predicted molar refractivity (Wildman–Crippen MR) is 130 cm³/mol. The van der Waals surface area contributed by atoms with Crippen LogP contribution < -0.4 is 5.56 Å². The van der Waals surface area contributed by atoms with E-state index in [-0.39, 0.29) is 17.3 Å². The second-order valence-corrected chi connectivity index (χ2v) is 8.55. The van der Waals surface area contributed by atoms with Gasteiger partial charge in [-0.2, -0.15) is 9.78 Å². The SMILES string of the molecule is CC[C@H](C)c1nc2ccc(Br)cc2c(=O)n1N=Cc1ccc(-c2ccc(C(C)=O)cc2)o1. The normalized spacial score (nSPS) is 12.5. The van der Waals surface area contributed by atoms with Crippen LogP contribution in [0.4, 0.5) is 0 Å². The maximum Gasteiger partial charge on any atom is 0.282 e. The van der Waals surface area contributed by atoms with E-state index in [1.807, 2.05) is 44.2 Å². The first kappa shape index (κ1) is 21.9. The zero-order valence-electron chi connectivity index (χ0n) is 18.0. The smallest absolute Gasteiger partial charge is 0.282 e. The minimum Gasteiger partial charge on any atom is -0.455 e. The minimum absolute atomic E-state index is 0.0161.